The van der Waals surface area contributed by atoms with E-state index in [4.69, 9.17) is 4.74 Å². The number of aliphatic hydroxyl groups excluding tert-OH is 1. The van der Waals surface area contributed by atoms with E-state index in [0.717, 1.165) is 19.3 Å². The third kappa shape index (κ3) is 4.80. The predicted molar refractivity (Wildman–Crippen MR) is 115 cm³/mol. The number of aliphatic hydroxyl groups is 1. The first-order valence-corrected chi connectivity index (χ1v) is 11.3. The highest BCUT2D eigenvalue weighted by Gasteiger charge is 2.45. The van der Waals surface area contributed by atoms with Crippen LogP contribution in [0.3, 0.4) is 0 Å². The molecule has 0 aromatic heterocycles. The average Bonchev–Trinajstić information content (AvgIpc) is 3.36. The van der Waals surface area contributed by atoms with Crippen molar-refractivity contribution in [1.29, 1.82) is 0 Å². The van der Waals surface area contributed by atoms with Gasteiger partial charge in [0.1, 0.15) is 23.9 Å². The first-order valence-electron chi connectivity index (χ1n) is 11.3. The number of benzene rings is 1. The molecule has 3 aliphatic rings. The molecule has 2 unspecified atom stereocenters. The molecule has 33 heavy (non-hydrogen) atoms. The van der Waals surface area contributed by atoms with Crippen molar-refractivity contribution in [2.24, 2.45) is 0 Å². The smallest absolute Gasteiger partial charge is 0.310 e. The number of hydrogen-bond acceptors (Lipinski definition) is 7. The second kappa shape index (κ2) is 9.78. The Morgan fingerprint density at radius 2 is 1.85 bits per heavy atom. The summed E-state index contributed by atoms with van der Waals surface area (Å²) in [4.78, 5) is 52.4. The highest BCUT2D eigenvalue weighted by Crippen LogP contribution is 2.32. The summed E-state index contributed by atoms with van der Waals surface area (Å²) in [5.41, 5.74) is 0.335. The van der Waals surface area contributed by atoms with Crippen LogP contribution in [0.5, 0.6) is 5.75 Å². The van der Waals surface area contributed by atoms with E-state index in [1.165, 1.54) is 7.11 Å². The van der Waals surface area contributed by atoms with Crippen LogP contribution in [-0.4, -0.2) is 71.3 Å². The van der Waals surface area contributed by atoms with E-state index in [0.29, 0.717) is 30.6 Å². The molecule has 3 aliphatic heterocycles. The zero-order valence-corrected chi connectivity index (χ0v) is 18.5. The number of fused-ring (bicyclic) bond motifs is 1. The Hall–Kier alpha value is -3.14. The Kier molecular flexibility index (Phi) is 6.83. The van der Waals surface area contributed by atoms with Crippen molar-refractivity contribution in [3.8, 4) is 5.75 Å². The molecule has 0 spiro atoms. The van der Waals surface area contributed by atoms with Gasteiger partial charge >= 0.3 is 5.97 Å². The van der Waals surface area contributed by atoms with Gasteiger partial charge in [-0.05, 0) is 37.8 Å². The van der Waals surface area contributed by atoms with Gasteiger partial charge in [-0.2, -0.15) is 0 Å². The number of carbonyl (C=O) groups excluding carboxylic acids is 4. The van der Waals surface area contributed by atoms with E-state index < -0.39 is 42.2 Å². The molecule has 3 heterocycles. The first kappa shape index (κ1) is 23.0. The SMILES string of the molecule is COc1ccccc1C(=O)N[C@H]1CCCC[C@H]2CC[C@@H](C(=O)NC3CC(=O)OC3O)N2C1=O. The van der Waals surface area contributed by atoms with Gasteiger partial charge in [0.05, 0.1) is 19.1 Å². The second-order valence-corrected chi connectivity index (χ2v) is 8.70. The van der Waals surface area contributed by atoms with Crippen molar-refractivity contribution in [1.82, 2.24) is 15.5 Å². The molecule has 1 aromatic carbocycles. The van der Waals surface area contributed by atoms with Crippen molar-refractivity contribution in [3.05, 3.63) is 29.8 Å². The van der Waals surface area contributed by atoms with Crippen molar-refractivity contribution >= 4 is 23.7 Å². The quantitative estimate of drug-likeness (QED) is 0.545. The third-order valence-electron chi connectivity index (χ3n) is 6.61. The Labute approximate surface area is 191 Å². The van der Waals surface area contributed by atoms with Crippen LogP contribution in [0.2, 0.25) is 0 Å². The number of rotatable bonds is 5. The lowest BCUT2D eigenvalue weighted by Gasteiger charge is -2.35. The standard InChI is InChI=1S/C23H29N3O7/c1-32-18-9-5-3-7-14(18)20(28)24-15-8-4-2-6-13-10-11-17(26(13)22(15)30)21(29)25-16-12-19(27)33-23(16)31/h3,5,7,9,13,15-17,23,31H,2,4,6,8,10-12H2,1H3,(H,24,28)(H,25,29)/t13-,15-,16?,17-,23?/m0/s1. The van der Waals surface area contributed by atoms with Crippen LogP contribution in [0.25, 0.3) is 0 Å². The number of cyclic esters (lactones) is 1. The van der Waals surface area contributed by atoms with Gasteiger partial charge < -0.3 is 30.1 Å². The molecule has 1 aromatic rings. The van der Waals surface area contributed by atoms with Crippen molar-refractivity contribution in [2.45, 2.75) is 75.4 Å². The molecule has 0 aliphatic carbocycles. The lowest BCUT2D eigenvalue weighted by Crippen LogP contribution is -2.57. The third-order valence-corrected chi connectivity index (χ3v) is 6.61. The maximum atomic E-state index is 13.5. The number of nitrogens with zero attached hydrogens (tertiary/aromatic N) is 1. The maximum Gasteiger partial charge on any atom is 0.310 e. The normalized spacial score (nSPS) is 29.5. The zero-order chi connectivity index (χ0) is 23.5. The molecule has 3 N–H and O–H groups in total. The fourth-order valence-corrected chi connectivity index (χ4v) is 4.94. The largest absolute Gasteiger partial charge is 0.496 e. The van der Waals surface area contributed by atoms with Gasteiger partial charge in [0.25, 0.3) is 5.91 Å². The molecule has 5 atom stereocenters. The number of amides is 3. The molecule has 0 bridgehead atoms. The number of ether oxygens (including phenoxy) is 2. The Balaban J connectivity index is 1.49. The Morgan fingerprint density at radius 1 is 1.09 bits per heavy atom. The maximum absolute atomic E-state index is 13.5. The van der Waals surface area contributed by atoms with Crippen LogP contribution in [0, 0.1) is 0 Å². The number of para-hydroxylation sites is 1. The molecule has 3 fully saturated rings. The van der Waals surface area contributed by atoms with E-state index in [1.807, 2.05) is 0 Å². The van der Waals surface area contributed by atoms with E-state index in [9.17, 15) is 24.3 Å². The van der Waals surface area contributed by atoms with Crippen molar-refractivity contribution < 1.29 is 33.8 Å². The number of hydrogen-bond donors (Lipinski definition) is 3. The monoisotopic (exact) mass is 459 g/mol. The van der Waals surface area contributed by atoms with E-state index in [2.05, 4.69) is 15.4 Å². The summed E-state index contributed by atoms with van der Waals surface area (Å²) in [7, 11) is 1.48. The molecule has 10 heteroatoms. The van der Waals surface area contributed by atoms with Crippen LogP contribution < -0.4 is 15.4 Å². The average molecular weight is 459 g/mol. The van der Waals surface area contributed by atoms with Crippen LogP contribution >= 0.6 is 0 Å². The molecule has 10 nitrogen and oxygen atoms in total. The lowest BCUT2D eigenvalue weighted by atomic mass is 9.98. The fraction of sp³-hybridized carbons (Fsp3) is 0.565. The number of carbonyl (C=O) groups is 4. The predicted octanol–water partition coefficient (Wildman–Crippen LogP) is 0.477. The fourth-order valence-electron chi connectivity index (χ4n) is 4.94. The minimum absolute atomic E-state index is 0.0920. The Morgan fingerprint density at radius 3 is 2.58 bits per heavy atom. The summed E-state index contributed by atoms with van der Waals surface area (Å²) in [5.74, 6) is -1.30. The Bertz CT molecular complexity index is 936. The number of nitrogens with one attached hydrogen (secondary N) is 2. The minimum atomic E-state index is -1.39. The highest BCUT2D eigenvalue weighted by molar-refractivity contribution is 6.00. The van der Waals surface area contributed by atoms with Gasteiger partial charge in [0.2, 0.25) is 18.1 Å². The topological polar surface area (TPSA) is 134 Å². The van der Waals surface area contributed by atoms with Gasteiger partial charge in [0, 0.05) is 6.04 Å². The second-order valence-electron chi connectivity index (χ2n) is 8.70. The summed E-state index contributed by atoms with van der Waals surface area (Å²) in [6.07, 6.45) is 2.58. The summed E-state index contributed by atoms with van der Waals surface area (Å²) < 4.78 is 9.95. The summed E-state index contributed by atoms with van der Waals surface area (Å²) >= 11 is 0. The van der Waals surface area contributed by atoms with Gasteiger partial charge in [0.15, 0.2) is 0 Å². The summed E-state index contributed by atoms with van der Waals surface area (Å²) in [6.45, 7) is 0. The molecule has 0 radical (unpaired) electrons. The van der Waals surface area contributed by atoms with Crippen LogP contribution in [0.4, 0.5) is 0 Å². The van der Waals surface area contributed by atoms with Crippen molar-refractivity contribution in [2.75, 3.05) is 7.11 Å². The number of methoxy groups -OCH3 is 1. The van der Waals surface area contributed by atoms with Crippen LogP contribution in [-0.2, 0) is 19.1 Å². The summed E-state index contributed by atoms with van der Waals surface area (Å²) in [5, 5.41) is 15.3. The van der Waals surface area contributed by atoms with Gasteiger partial charge in [-0.3, -0.25) is 19.2 Å². The zero-order valence-electron chi connectivity index (χ0n) is 18.5. The van der Waals surface area contributed by atoms with E-state index in [-0.39, 0.29) is 18.4 Å². The molecule has 3 amide bonds. The molecular weight excluding hydrogens is 430 g/mol. The number of esters is 1. The molecule has 178 valence electrons. The van der Waals surface area contributed by atoms with Crippen molar-refractivity contribution in [3.63, 3.8) is 0 Å². The first-order chi connectivity index (χ1) is 15.9. The molecule has 0 saturated carbocycles. The van der Waals surface area contributed by atoms with E-state index >= 15 is 0 Å². The van der Waals surface area contributed by atoms with Gasteiger partial charge in [-0.1, -0.05) is 25.0 Å². The van der Waals surface area contributed by atoms with Crippen LogP contribution in [0.15, 0.2) is 24.3 Å². The summed E-state index contributed by atoms with van der Waals surface area (Å²) in [6, 6.07) is 4.37. The molecule has 3 saturated heterocycles. The minimum Gasteiger partial charge on any atom is -0.496 e. The van der Waals surface area contributed by atoms with Gasteiger partial charge in [-0.15, -0.1) is 0 Å². The van der Waals surface area contributed by atoms with Gasteiger partial charge in [-0.25, -0.2) is 0 Å². The lowest BCUT2D eigenvalue weighted by molar-refractivity contribution is -0.155. The van der Waals surface area contributed by atoms with Crippen LogP contribution in [0.1, 0.15) is 55.3 Å². The molecular formula is C23H29N3O7. The molecule has 4 rings (SSSR count). The van der Waals surface area contributed by atoms with E-state index in [1.54, 1.807) is 29.2 Å². The highest BCUT2D eigenvalue weighted by atomic mass is 16.6.